The molecule has 0 aromatic heterocycles. The summed E-state index contributed by atoms with van der Waals surface area (Å²) >= 11 is 0. The zero-order valence-corrected chi connectivity index (χ0v) is 16.2. The van der Waals surface area contributed by atoms with Gasteiger partial charge in [0.1, 0.15) is 5.82 Å². The van der Waals surface area contributed by atoms with Gasteiger partial charge in [-0.15, -0.1) is 0 Å². The molecule has 0 bridgehead atoms. The van der Waals surface area contributed by atoms with Crippen LogP contribution in [0.15, 0.2) is 53.4 Å². The van der Waals surface area contributed by atoms with Crippen molar-refractivity contribution in [3.05, 3.63) is 59.9 Å². The summed E-state index contributed by atoms with van der Waals surface area (Å²) in [4.78, 5) is 14.4. The summed E-state index contributed by atoms with van der Waals surface area (Å²) in [5, 5.41) is 9.01. The lowest BCUT2D eigenvalue weighted by Gasteiger charge is -2.32. The van der Waals surface area contributed by atoms with Gasteiger partial charge in [0.25, 0.3) is 0 Å². The number of hydrogen-bond acceptors (Lipinski definition) is 4. The summed E-state index contributed by atoms with van der Waals surface area (Å²) in [6.45, 7) is 0.449. The maximum atomic E-state index is 13.1. The van der Waals surface area contributed by atoms with Crippen LogP contribution in [0.5, 0.6) is 0 Å². The first kappa shape index (κ1) is 20.0. The lowest BCUT2D eigenvalue weighted by atomic mass is 9.96. The van der Waals surface area contributed by atoms with Gasteiger partial charge in [-0.25, -0.2) is 12.8 Å². The molecule has 0 spiro atoms. The Morgan fingerprint density at radius 3 is 2.43 bits per heavy atom. The number of halogens is 1. The van der Waals surface area contributed by atoms with Crippen molar-refractivity contribution in [3.63, 3.8) is 0 Å². The van der Waals surface area contributed by atoms with E-state index < -0.39 is 15.8 Å². The lowest BCUT2D eigenvalue weighted by Crippen LogP contribution is -2.43. The van der Waals surface area contributed by atoms with Crippen LogP contribution in [0, 0.1) is 23.1 Å². The van der Waals surface area contributed by atoms with Crippen LogP contribution < -0.4 is 4.90 Å². The fourth-order valence-corrected chi connectivity index (χ4v) is 4.75. The highest BCUT2D eigenvalue weighted by atomic mass is 32.2. The minimum Gasteiger partial charge on any atom is -0.315 e. The molecule has 146 valence electrons. The molecule has 0 saturated carbocycles. The van der Waals surface area contributed by atoms with Crippen molar-refractivity contribution in [2.45, 2.75) is 17.7 Å². The Balaban J connectivity index is 1.66. The second-order valence-electron chi connectivity index (χ2n) is 6.69. The molecule has 0 atom stereocenters. The molecule has 1 saturated heterocycles. The summed E-state index contributed by atoms with van der Waals surface area (Å²) in [5.74, 6) is -0.893. The number of carbonyl (C=O) groups excluding carboxylic acids is 1. The molecule has 1 amide bonds. The Bertz CT molecular complexity index is 1010. The molecule has 1 heterocycles. The fraction of sp³-hybridized carbons (Fsp3) is 0.300. The van der Waals surface area contributed by atoms with Crippen LogP contribution in [-0.4, -0.2) is 38.8 Å². The second kappa shape index (κ2) is 8.09. The van der Waals surface area contributed by atoms with Crippen LogP contribution in [0.1, 0.15) is 18.4 Å². The van der Waals surface area contributed by atoms with E-state index in [-0.39, 0.29) is 29.8 Å². The first-order valence-electron chi connectivity index (χ1n) is 8.86. The summed E-state index contributed by atoms with van der Waals surface area (Å²) in [7, 11) is -2.05. The van der Waals surface area contributed by atoms with Gasteiger partial charge in [0.15, 0.2) is 0 Å². The molecule has 0 unspecified atom stereocenters. The standard InChI is InChI=1S/C20H20FN3O3S/c1-23(18-4-2-3-15(13-18)14-22)20(25)16-9-11-24(12-10-16)28(26,27)19-7-5-17(21)6-8-19/h2-8,13,16H,9-12H2,1H3. The van der Waals surface area contributed by atoms with Crippen LogP contribution in [0.2, 0.25) is 0 Å². The minimum absolute atomic E-state index is 0.0455. The molecule has 2 aromatic rings. The van der Waals surface area contributed by atoms with Crippen LogP contribution in [0.25, 0.3) is 0 Å². The van der Waals surface area contributed by atoms with Gasteiger partial charge in [-0.3, -0.25) is 4.79 Å². The zero-order chi connectivity index (χ0) is 20.3. The zero-order valence-electron chi connectivity index (χ0n) is 15.4. The molecule has 1 fully saturated rings. The molecule has 3 rings (SSSR count). The highest BCUT2D eigenvalue weighted by Crippen LogP contribution is 2.26. The Kier molecular flexibility index (Phi) is 5.77. The lowest BCUT2D eigenvalue weighted by molar-refractivity contribution is -0.123. The van der Waals surface area contributed by atoms with Crippen LogP contribution in [0.4, 0.5) is 10.1 Å². The highest BCUT2D eigenvalue weighted by molar-refractivity contribution is 7.89. The number of sulfonamides is 1. The molecular weight excluding hydrogens is 381 g/mol. The summed E-state index contributed by atoms with van der Waals surface area (Å²) in [6, 6.07) is 13.6. The fourth-order valence-electron chi connectivity index (χ4n) is 3.28. The summed E-state index contributed by atoms with van der Waals surface area (Å²) in [6.07, 6.45) is 0.809. The normalized spacial score (nSPS) is 15.8. The van der Waals surface area contributed by atoms with Gasteiger partial charge >= 0.3 is 0 Å². The maximum Gasteiger partial charge on any atom is 0.243 e. The predicted octanol–water partition coefficient (Wildman–Crippen LogP) is 2.76. The third-order valence-electron chi connectivity index (χ3n) is 4.95. The van der Waals surface area contributed by atoms with E-state index in [1.807, 2.05) is 6.07 Å². The topological polar surface area (TPSA) is 81.5 Å². The quantitative estimate of drug-likeness (QED) is 0.789. The van der Waals surface area contributed by atoms with E-state index in [0.29, 0.717) is 24.1 Å². The van der Waals surface area contributed by atoms with E-state index in [1.54, 1.807) is 31.3 Å². The molecule has 0 radical (unpaired) electrons. The molecule has 0 aliphatic carbocycles. The molecule has 1 aliphatic heterocycles. The van der Waals surface area contributed by atoms with E-state index in [0.717, 1.165) is 12.1 Å². The van der Waals surface area contributed by atoms with E-state index >= 15 is 0 Å². The van der Waals surface area contributed by atoms with Gasteiger partial charge in [-0.2, -0.15) is 9.57 Å². The van der Waals surface area contributed by atoms with Gasteiger partial charge in [0, 0.05) is 31.7 Å². The number of nitriles is 1. The average Bonchev–Trinajstić information content (AvgIpc) is 2.73. The number of nitrogens with zero attached hydrogens (tertiary/aromatic N) is 3. The number of hydrogen-bond donors (Lipinski definition) is 0. The van der Waals surface area contributed by atoms with Gasteiger partial charge in [0.2, 0.25) is 15.9 Å². The number of benzene rings is 2. The van der Waals surface area contributed by atoms with Crippen molar-refractivity contribution in [3.8, 4) is 6.07 Å². The monoisotopic (exact) mass is 401 g/mol. The Morgan fingerprint density at radius 2 is 1.82 bits per heavy atom. The third kappa shape index (κ3) is 4.06. The van der Waals surface area contributed by atoms with Crippen LogP contribution >= 0.6 is 0 Å². The van der Waals surface area contributed by atoms with Gasteiger partial charge in [-0.05, 0) is 55.3 Å². The number of piperidine rings is 1. The third-order valence-corrected chi connectivity index (χ3v) is 6.86. The molecule has 0 N–H and O–H groups in total. The average molecular weight is 401 g/mol. The van der Waals surface area contributed by atoms with Crippen molar-refractivity contribution in [2.24, 2.45) is 5.92 Å². The molecular formula is C20H20FN3O3S. The van der Waals surface area contributed by atoms with Gasteiger partial charge in [0.05, 0.1) is 16.5 Å². The minimum atomic E-state index is -3.70. The molecule has 6 nitrogen and oxygen atoms in total. The van der Waals surface area contributed by atoms with E-state index in [1.165, 1.54) is 21.3 Å². The number of carbonyl (C=O) groups is 1. The van der Waals surface area contributed by atoms with E-state index in [2.05, 4.69) is 0 Å². The van der Waals surface area contributed by atoms with E-state index in [4.69, 9.17) is 5.26 Å². The SMILES string of the molecule is CN(C(=O)C1CCN(S(=O)(=O)c2ccc(F)cc2)CC1)c1cccc(C#N)c1. The number of anilines is 1. The van der Waals surface area contributed by atoms with Crippen molar-refractivity contribution in [2.75, 3.05) is 25.0 Å². The largest absolute Gasteiger partial charge is 0.315 e. The van der Waals surface area contributed by atoms with Crippen molar-refractivity contribution < 1.29 is 17.6 Å². The number of amides is 1. The number of rotatable bonds is 4. The van der Waals surface area contributed by atoms with Crippen molar-refractivity contribution in [1.82, 2.24) is 4.31 Å². The Morgan fingerprint density at radius 1 is 1.18 bits per heavy atom. The molecule has 28 heavy (non-hydrogen) atoms. The molecule has 2 aromatic carbocycles. The molecule has 8 heteroatoms. The van der Waals surface area contributed by atoms with Crippen LogP contribution in [0.3, 0.4) is 0 Å². The van der Waals surface area contributed by atoms with E-state index in [9.17, 15) is 17.6 Å². The van der Waals surface area contributed by atoms with Gasteiger partial charge in [-0.1, -0.05) is 6.07 Å². The Hall–Kier alpha value is -2.76. The first-order valence-corrected chi connectivity index (χ1v) is 10.3. The highest BCUT2D eigenvalue weighted by Gasteiger charge is 2.33. The van der Waals surface area contributed by atoms with Gasteiger partial charge < -0.3 is 4.90 Å². The maximum absolute atomic E-state index is 13.1. The second-order valence-corrected chi connectivity index (χ2v) is 8.63. The van der Waals surface area contributed by atoms with Crippen LogP contribution in [-0.2, 0) is 14.8 Å². The van der Waals surface area contributed by atoms with Crippen molar-refractivity contribution in [1.29, 1.82) is 5.26 Å². The molecule has 1 aliphatic rings. The predicted molar refractivity (Wildman–Crippen MR) is 102 cm³/mol. The summed E-state index contributed by atoms with van der Waals surface area (Å²) < 4.78 is 39.7. The Labute approximate surface area is 163 Å². The first-order chi connectivity index (χ1) is 13.3. The smallest absolute Gasteiger partial charge is 0.243 e. The summed E-state index contributed by atoms with van der Waals surface area (Å²) in [5.41, 5.74) is 1.10. The van der Waals surface area contributed by atoms with Crippen molar-refractivity contribution >= 4 is 21.6 Å².